The van der Waals surface area contributed by atoms with Gasteiger partial charge in [0.25, 0.3) is 0 Å². The number of amides is 1. The third-order valence-corrected chi connectivity index (χ3v) is 7.72. The first-order valence-electron chi connectivity index (χ1n) is 12.1. The molecule has 1 unspecified atom stereocenters. The second-order valence-corrected chi connectivity index (χ2v) is 10.3. The Bertz CT molecular complexity index is 961. The van der Waals surface area contributed by atoms with Gasteiger partial charge in [-0.1, -0.05) is 0 Å². The first-order chi connectivity index (χ1) is 16.3. The third kappa shape index (κ3) is 6.72. The van der Waals surface area contributed by atoms with Crippen LogP contribution in [0.4, 0.5) is 13.2 Å². The average molecular weight is 496 g/mol. The van der Waals surface area contributed by atoms with E-state index in [4.69, 9.17) is 9.72 Å². The SMILES string of the molecule is CC1CCCN1CCCOc1ccc(-c2nc3c(s2)CN(C(=O)CCCC(F)(F)F)CC3)cc1. The van der Waals surface area contributed by atoms with E-state index < -0.39 is 12.6 Å². The summed E-state index contributed by atoms with van der Waals surface area (Å²) in [6, 6.07) is 8.61. The molecule has 1 saturated heterocycles. The van der Waals surface area contributed by atoms with Crippen LogP contribution in [-0.2, 0) is 17.8 Å². The number of ether oxygens (including phenoxy) is 1. The summed E-state index contributed by atoms with van der Waals surface area (Å²) in [5.74, 6) is 0.626. The number of hydrogen-bond donors (Lipinski definition) is 0. The Morgan fingerprint density at radius 1 is 1.21 bits per heavy atom. The van der Waals surface area contributed by atoms with Gasteiger partial charge in [0.05, 0.1) is 18.8 Å². The Balaban J connectivity index is 1.26. The summed E-state index contributed by atoms with van der Waals surface area (Å²) >= 11 is 1.55. The maximum absolute atomic E-state index is 12.3. The number of nitrogens with zero attached hydrogens (tertiary/aromatic N) is 3. The Kier molecular flexibility index (Phi) is 8.14. The molecular formula is C25H32F3N3O2S. The lowest BCUT2D eigenvalue weighted by atomic mass is 10.1. The zero-order chi connectivity index (χ0) is 24.1. The molecule has 2 aliphatic heterocycles. The number of hydrogen-bond acceptors (Lipinski definition) is 5. The molecule has 0 aliphatic carbocycles. The van der Waals surface area contributed by atoms with Crippen LogP contribution in [0.25, 0.3) is 10.6 Å². The molecule has 2 aliphatic rings. The quantitative estimate of drug-likeness (QED) is 0.420. The van der Waals surface area contributed by atoms with Gasteiger partial charge in [0.2, 0.25) is 5.91 Å². The molecule has 5 nitrogen and oxygen atoms in total. The maximum atomic E-state index is 12.3. The first kappa shape index (κ1) is 25.0. The molecule has 1 aromatic carbocycles. The van der Waals surface area contributed by atoms with E-state index in [9.17, 15) is 18.0 Å². The van der Waals surface area contributed by atoms with E-state index in [1.165, 1.54) is 19.4 Å². The minimum Gasteiger partial charge on any atom is -0.494 e. The normalized spacial score (nSPS) is 18.8. The van der Waals surface area contributed by atoms with Gasteiger partial charge in [-0.25, -0.2) is 4.98 Å². The standard InChI is InChI=1S/C25H32F3N3O2S/c1-18-5-3-13-30(18)14-4-16-33-20-9-7-19(8-10-20)24-29-21-11-15-31(17-22(21)34-24)23(32)6-2-12-25(26,27)28/h7-10,18H,2-6,11-17H2,1H3. The summed E-state index contributed by atoms with van der Waals surface area (Å²) in [7, 11) is 0. The number of alkyl halides is 3. The molecule has 1 amide bonds. The van der Waals surface area contributed by atoms with E-state index in [-0.39, 0.29) is 18.7 Å². The second kappa shape index (κ2) is 11.1. The highest BCUT2D eigenvalue weighted by atomic mass is 32.1. The van der Waals surface area contributed by atoms with Gasteiger partial charge in [0, 0.05) is 48.8 Å². The van der Waals surface area contributed by atoms with E-state index in [2.05, 4.69) is 11.8 Å². The fraction of sp³-hybridized carbons (Fsp3) is 0.600. The fourth-order valence-electron chi connectivity index (χ4n) is 4.61. The van der Waals surface area contributed by atoms with Crippen LogP contribution in [0.5, 0.6) is 5.75 Å². The largest absolute Gasteiger partial charge is 0.494 e. The van der Waals surface area contributed by atoms with Gasteiger partial charge in [-0.3, -0.25) is 4.79 Å². The van der Waals surface area contributed by atoms with Gasteiger partial charge < -0.3 is 14.5 Å². The van der Waals surface area contributed by atoms with Crippen molar-refractivity contribution >= 4 is 17.2 Å². The number of aromatic nitrogens is 1. The molecule has 0 radical (unpaired) electrons. The summed E-state index contributed by atoms with van der Waals surface area (Å²) < 4.78 is 42.9. The molecule has 1 aromatic heterocycles. The van der Waals surface area contributed by atoms with Crippen LogP contribution in [0.3, 0.4) is 0 Å². The van der Waals surface area contributed by atoms with Gasteiger partial charge in [-0.15, -0.1) is 11.3 Å². The zero-order valence-electron chi connectivity index (χ0n) is 19.6. The lowest BCUT2D eigenvalue weighted by Gasteiger charge is -2.26. The number of carbonyl (C=O) groups is 1. The van der Waals surface area contributed by atoms with E-state index in [0.717, 1.165) is 39.9 Å². The van der Waals surface area contributed by atoms with Crippen molar-refractivity contribution in [3.8, 4) is 16.3 Å². The van der Waals surface area contributed by atoms with Crippen LogP contribution >= 0.6 is 11.3 Å². The van der Waals surface area contributed by atoms with Crippen LogP contribution in [0.15, 0.2) is 24.3 Å². The minimum absolute atomic E-state index is 0.0704. The summed E-state index contributed by atoms with van der Waals surface area (Å²) in [4.78, 5) is 22.3. The van der Waals surface area contributed by atoms with Gasteiger partial charge in [0.15, 0.2) is 0 Å². The van der Waals surface area contributed by atoms with Crippen LogP contribution in [0.2, 0.25) is 0 Å². The average Bonchev–Trinajstić information content (AvgIpc) is 3.41. The number of carbonyl (C=O) groups excluding carboxylic acids is 1. The Morgan fingerprint density at radius 2 is 2.00 bits per heavy atom. The van der Waals surface area contributed by atoms with Crippen molar-refractivity contribution in [2.75, 3.05) is 26.2 Å². The summed E-state index contributed by atoms with van der Waals surface area (Å²) in [6.07, 6.45) is -1.14. The molecule has 34 heavy (non-hydrogen) atoms. The van der Waals surface area contributed by atoms with Crippen molar-refractivity contribution in [3.05, 3.63) is 34.8 Å². The highest BCUT2D eigenvalue weighted by Gasteiger charge is 2.28. The Morgan fingerprint density at radius 3 is 2.71 bits per heavy atom. The molecule has 2 aromatic rings. The predicted octanol–water partition coefficient (Wildman–Crippen LogP) is 5.68. The zero-order valence-corrected chi connectivity index (χ0v) is 20.4. The molecule has 3 heterocycles. The van der Waals surface area contributed by atoms with Crippen molar-refractivity contribution in [2.45, 2.75) is 70.6 Å². The smallest absolute Gasteiger partial charge is 0.389 e. The van der Waals surface area contributed by atoms with Gasteiger partial charge in [-0.05, 0) is 63.4 Å². The van der Waals surface area contributed by atoms with Crippen LogP contribution in [0.1, 0.15) is 56.0 Å². The molecule has 0 spiro atoms. The van der Waals surface area contributed by atoms with Crippen LogP contribution in [0, 0.1) is 0 Å². The van der Waals surface area contributed by atoms with E-state index in [0.29, 0.717) is 32.2 Å². The molecule has 0 N–H and O–H groups in total. The van der Waals surface area contributed by atoms with E-state index >= 15 is 0 Å². The minimum atomic E-state index is -4.21. The Labute approximate surface area is 202 Å². The predicted molar refractivity (Wildman–Crippen MR) is 127 cm³/mol. The molecule has 4 rings (SSSR count). The Hall–Kier alpha value is -2.13. The monoisotopic (exact) mass is 495 g/mol. The molecule has 1 atom stereocenters. The lowest BCUT2D eigenvalue weighted by Crippen LogP contribution is -2.35. The number of benzene rings is 1. The first-order valence-corrected chi connectivity index (χ1v) is 12.9. The third-order valence-electron chi connectivity index (χ3n) is 6.59. The number of likely N-dealkylation sites (tertiary alicyclic amines) is 1. The van der Waals surface area contributed by atoms with Crippen molar-refractivity contribution in [2.24, 2.45) is 0 Å². The van der Waals surface area contributed by atoms with E-state index in [1.807, 2.05) is 24.3 Å². The van der Waals surface area contributed by atoms with Crippen molar-refractivity contribution in [1.82, 2.24) is 14.8 Å². The number of fused-ring (bicyclic) bond motifs is 1. The molecule has 9 heteroatoms. The fourth-order valence-corrected chi connectivity index (χ4v) is 5.74. The van der Waals surface area contributed by atoms with Crippen molar-refractivity contribution in [3.63, 3.8) is 0 Å². The topological polar surface area (TPSA) is 45.7 Å². The van der Waals surface area contributed by atoms with Gasteiger partial charge in [0.1, 0.15) is 10.8 Å². The van der Waals surface area contributed by atoms with Crippen LogP contribution in [-0.4, -0.2) is 59.2 Å². The highest BCUT2D eigenvalue weighted by Crippen LogP contribution is 2.33. The summed E-state index contributed by atoms with van der Waals surface area (Å²) in [5.41, 5.74) is 1.98. The van der Waals surface area contributed by atoms with Gasteiger partial charge in [-0.2, -0.15) is 13.2 Å². The maximum Gasteiger partial charge on any atom is 0.389 e. The van der Waals surface area contributed by atoms with Crippen LogP contribution < -0.4 is 4.74 Å². The number of rotatable bonds is 9. The van der Waals surface area contributed by atoms with Crippen molar-refractivity contribution in [1.29, 1.82) is 0 Å². The summed E-state index contributed by atoms with van der Waals surface area (Å²) in [5, 5.41) is 0.894. The molecule has 1 fully saturated rings. The van der Waals surface area contributed by atoms with Crippen molar-refractivity contribution < 1.29 is 22.7 Å². The number of halogens is 3. The molecular weight excluding hydrogens is 463 g/mol. The lowest BCUT2D eigenvalue weighted by molar-refractivity contribution is -0.140. The molecule has 0 saturated carbocycles. The summed E-state index contributed by atoms with van der Waals surface area (Å²) in [6.45, 7) is 6.18. The number of thiazole rings is 1. The second-order valence-electron chi connectivity index (χ2n) is 9.18. The van der Waals surface area contributed by atoms with Gasteiger partial charge >= 0.3 is 6.18 Å². The molecule has 186 valence electrons. The highest BCUT2D eigenvalue weighted by molar-refractivity contribution is 7.15. The van der Waals surface area contributed by atoms with E-state index in [1.54, 1.807) is 16.2 Å². The molecule has 0 bridgehead atoms.